The summed E-state index contributed by atoms with van der Waals surface area (Å²) in [5, 5.41) is 13.5. The normalized spacial score (nSPS) is 13.6. The SMILES string of the molecule is CN(CC(=O)Nc1ccc(N2CCOCC2)cc1)C(=O)c1ccc([N+](=O)[O-])cc1. The number of hydrogen-bond donors (Lipinski definition) is 1. The van der Waals surface area contributed by atoms with Crippen LogP contribution in [0.5, 0.6) is 0 Å². The van der Waals surface area contributed by atoms with E-state index >= 15 is 0 Å². The number of nitro benzene ring substituents is 1. The molecule has 9 heteroatoms. The Morgan fingerprint density at radius 1 is 1.10 bits per heavy atom. The number of carbonyl (C=O) groups excluding carboxylic acids is 2. The van der Waals surface area contributed by atoms with Gasteiger partial charge in [0.2, 0.25) is 5.91 Å². The summed E-state index contributed by atoms with van der Waals surface area (Å²) >= 11 is 0. The molecule has 1 aliphatic heterocycles. The fourth-order valence-corrected chi connectivity index (χ4v) is 3.01. The van der Waals surface area contributed by atoms with Gasteiger partial charge in [-0.15, -0.1) is 0 Å². The molecule has 0 bridgehead atoms. The maximum absolute atomic E-state index is 12.4. The molecule has 0 aliphatic carbocycles. The first-order chi connectivity index (χ1) is 13.9. The lowest BCUT2D eigenvalue weighted by atomic mass is 10.2. The molecule has 1 aliphatic rings. The van der Waals surface area contributed by atoms with Crippen molar-refractivity contribution in [1.82, 2.24) is 4.90 Å². The number of morpholine rings is 1. The maximum atomic E-state index is 12.4. The molecule has 1 N–H and O–H groups in total. The number of rotatable bonds is 6. The highest BCUT2D eigenvalue weighted by Gasteiger charge is 2.17. The van der Waals surface area contributed by atoms with Gasteiger partial charge < -0.3 is 19.9 Å². The smallest absolute Gasteiger partial charge is 0.269 e. The second kappa shape index (κ2) is 9.16. The van der Waals surface area contributed by atoms with E-state index in [2.05, 4.69) is 10.2 Å². The zero-order valence-corrected chi connectivity index (χ0v) is 16.0. The topological polar surface area (TPSA) is 105 Å². The highest BCUT2D eigenvalue weighted by Crippen LogP contribution is 2.19. The predicted octanol–water partition coefficient (Wildman–Crippen LogP) is 2.14. The van der Waals surface area contributed by atoms with Crippen LogP contribution < -0.4 is 10.2 Å². The molecule has 29 heavy (non-hydrogen) atoms. The molecule has 9 nitrogen and oxygen atoms in total. The molecule has 0 saturated carbocycles. The summed E-state index contributed by atoms with van der Waals surface area (Å²) in [5.74, 6) is -0.723. The summed E-state index contributed by atoms with van der Waals surface area (Å²) < 4.78 is 5.34. The van der Waals surface area contributed by atoms with E-state index < -0.39 is 10.8 Å². The number of likely N-dealkylation sites (N-methyl/N-ethyl adjacent to an activating group) is 1. The van der Waals surface area contributed by atoms with Gasteiger partial charge in [-0.05, 0) is 36.4 Å². The van der Waals surface area contributed by atoms with Crippen LogP contribution in [0.3, 0.4) is 0 Å². The third kappa shape index (κ3) is 5.29. The summed E-state index contributed by atoms with van der Waals surface area (Å²) in [6, 6.07) is 12.8. The van der Waals surface area contributed by atoms with E-state index in [1.54, 1.807) is 0 Å². The average Bonchev–Trinajstić information content (AvgIpc) is 2.74. The van der Waals surface area contributed by atoms with Crippen LogP contribution in [-0.2, 0) is 9.53 Å². The molecule has 0 atom stereocenters. The number of nitrogens with one attached hydrogen (secondary N) is 1. The van der Waals surface area contributed by atoms with Crippen molar-refractivity contribution in [3.63, 3.8) is 0 Å². The molecule has 0 unspecified atom stereocenters. The van der Waals surface area contributed by atoms with Crippen molar-refractivity contribution in [2.24, 2.45) is 0 Å². The van der Waals surface area contributed by atoms with Crippen LogP contribution >= 0.6 is 0 Å². The lowest BCUT2D eigenvalue weighted by Gasteiger charge is -2.28. The lowest BCUT2D eigenvalue weighted by Crippen LogP contribution is -2.36. The summed E-state index contributed by atoms with van der Waals surface area (Å²) in [6.45, 7) is 2.94. The third-order valence-electron chi connectivity index (χ3n) is 4.58. The number of anilines is 2. The number of hydrogen-bond acceptors (Lipinski definition) is 6. The molecule has 2 aromatic carbocycles. The number of carbonyl (C=O) groups is 2. The van der Waals surface area contributed by atoms with Gasteiger partial charge in [0.15, 0.2) is 0 Å². The number of nitrogens with zero attached hydrogens (tertiary/aromatic N) is 3. The van der Waals surface area contributed by atoms with Crippen molar-refractivity contribution < 1.29 is 19.2 Å². The zero-order chi connectivity index (χ0) is 20.8. The van der Waals surface area contributed by atoms with Gasteiger partial charge in [0.05, 0.1) is 24.7 Å². The van der Waals surface area contributed by atoms with Gasteiger partial charge in [-0.2, -0.15) is 0 Å². The molecule has 0 aromatic heterocycles. The number of non-ortho nitro benzene ring substituents is 1. The molecule has 1 fully saturated rings. The molecular formula is C20H22N4O5. The fraction of sp³-hybridized carbons (Fsp3) is 0.300. The Kier molecular flexibility index (Phi) is 6.40. The summed E-state index contributed by atoms with van der Waals surface area (Å²) in [7, 11) is 1.50. The van der Waals surface area contributed by atoms with Crippen molar-refractivity contribution in [3.05, 3.63) is 64.2 Å². The molecule has 152 valence electrons. The van der Waals surface area contributed by atoms with Crippen molar-refractivity contribution in [2.45, 2.75) is 0 Å². The summed E-state index contributed by atoms with van der Waals surface area (Å²) in [5.41, 5.74) is 1.89. The van der Waals surface area contributed by atoms with E-state index in [-0.39, 0.29) is 23.7 Å². The zero-order valence-electron chi connectivity index (χ0n) is 16.0. The van der Waals surface area contributed by atoms with E-state index in [0.717, 1.165) is 18.8 Å². The van der Waals surface area contributed by atoms with Crippen LogP contribution in [0.25, 0.3) is 0 Å². The van der Waals surface area contributed by atoms with Crippen molar-refractivity contribution in [3.8, 4) is 0 Å². The van der Waals surface area contributed by atoms with Crippen molar-refractivity contribution in [2.75, 3.05) is 50.1 Å². The first kappa shape index (κ1) is 20.3. The van der Waals surface area contributed by atoms with Crippen LogP contribution in [0.2, 0.25) is 0 Å². The first-order valence-electron chi connectivity index (χ1n) is 9.16. The number of ether oxygens (including phenoxy) is 1. The van der Waals surface area contributed by atoms with Gasteiger partial charge in [0, 0.05) is 49.2 Å². The highest BCUT2D eigenvalue weighted by atomic mass is 16.6. The second-order valence-electron chi connectivity index (χ2n) is 6.66. The van der Waals surface area contributed by atoms with E-state index in [1.807, 2.05) is 24.3 Å². The predicted molar refractivity (Wildman–Crippen MR) is 108 cm³/mol. The van der Waals surface area contributed by atoms with E-state index in [4.69, 9.17) is 4.74 Å². The van der Waals surface area contributed by atoms with Crippen LogP contribution in [0.4, 0.5) is 17.1 Å². The van der Waals surface area contributed by atoms with Gasteiger partial charge in [0.25, 0.3) is 11.6 Å². The Bertz CT molecular complexity index is 877. The highest BCUT2D eigenvalue weighted by molar-refractivity contribution is 5.99. The summed E-state index contributed by atoms with van der Waals surface area (Å²) in [6.07, 6.45) is 0. The van der Waals surface area contributed by atoms with Crippen molar-refractivity contribution >= 4 is 28.9 Å². The summed E-state index contributed by atoms with van der Waals surface area (Å²) in [4.78, 5) is 38.3. The quantitative estimate of drug-likeness (QED) is 0.590. The fourth-order valence-electron chi connectivity index (χ4n) is 3.01. The Labute approximate surface area is 168 Å². The first-order valence-corrected chi connectivity index (χ1v) is 9.16. The minimum Gasteiger partial charge on any atom is -0.378 e. The molecule has 1 saturated heterocycles. The van der Waals surface area contributed by atoms with Gasteiger partial charge in [-0.25, -0.2) is 0 Å². The third-order valence-corrected chi connectivity index (χ3v) is 4.58. The van der Waals surface area contributed by atoms with Crippen LogP contribution in [0.1, 0.15) is 10.4 Å². The Morgan fingerprint density at radius 2 is 1.72 bits per heavy atom. The standard InChI is InChI=1S/C20H22N4O5/c1-22(20(26)15-2-6-18(7-3-15)24(27)28)14-19(25)21-16-4-8-17(9-5-16)23-10-12-29-13-11-23/h2-9H,10-14H2,1H3,(H,21,25). The van der Waals surface area contributed by atoms with Gasteiger partial charge >= 0.3 is 0 Å². The Balaban J connectivity index is 1.54. The Morgan fingerprint density at radius 3 is 2.31 bits per heavy atom. The van der Waals surface area contributed by atoms with E-state index in [1.165, 1.54) is 36.2 Å². The number of nitro groups is 1. The minimum absolute atomic E-state index is 0.0949. The van der Waals surface area contributed by atoms with Crippen LogP contribution in [-0.4, -0.2) is 61.5 Å². The van der Waals surface area contributed by atoms with Gasteiger partial charge in [-0.3, -0.25) is 19.7 Å². The maximum Gasteiger partial charge on any atom is 0.269 e. The number of benzene rings is 2. The minimum atomic E-state index is -0.532. The molecule has 0 radical (unpaired) electrons. The molecule has 3 rings (SSSR count). The van der Waals surface area contributed by atoms with Gasteiger partial charge in [0.1, 0.15) is 0 Å². The molecule has 1 heterocycles. The van der Waals surface area contributed by atoms with Gasteiger partial charge in [-0.1, -0.05) is 0 Å². The average molecular weight is 398 g/mol. The Hall–Kier alpha value is -3.46. The molecule has 0 spiro atoms. The lowest BCUT2D eigenvalue weighted by molar-refractivity contribution is -0.384. The monoisotopic (exact) mass is 398 g/mol. The largest absolute Gasteiger partial charge is 0.378 e. The van der Waals surface area contributed by atoms with Crippen molar-refractivity contribution in [1.29, 1.82) is 0 Å². The molecule has 2 amide bonds. The van der Waals surface area contributed by atoms with E-state index in [9.17, 15) is 19.7 Å². The van der Waals surface area contributed by atoms with Crippen LogP contribution in [0.15, 0.2) is 48.5 Å². The van der Waals surface area contributed by atoms with Crippen LogP contribution in [0, 0.1) is 10.1 Å². The molecule has 2 aromatic rings. The van der Waals surface area contributed by atoms with E-state index in [0.29, 0.717) is 18.9 Å². The second-order valence-corrected chi connectivity index (χ2v) is 6.66. The molecular weight excluding hydrogens is 376 g/mol. The number of amides is 2.